The van der Waals surface area contributed by atoms with E-state index in [2.05, 4.69) is 5.32 Å². The minimum atomic E-state index is -1.11. The molecule has 0 heterocycles. The first-order chi connectivity index (χ1) is 8.73. The molecule has 0 aliphatic carbocycles. The van der Waals surface area contributed by atoms with Crippen molar-refractivity contribution < 1.29 is 14.7 Å². The lowest BCUT2D eigenvalue weighted by molar-refractivity contribution is -0.148. The van der Waals surface area contributed by atoms with E-state index in [9.17, 15) is 9.59 Å². The van der Waals surface area contributed by atoms with Gasteiger partial charge in [0.2, 0.25) is 5.91 Å². The van der Waals surface area contributed by atoms with Crippen molar-refractivity contribution in [2.45, 2.75) is 19.4 Å². The third kappa shape index (κ3) is 4.22. The number of hydrogen-bond acceptors (Lipinski definition) is 3. The third-order valence-electron chi connectivity index (χ3n) is 2.97. The molecule has 0 aromatic heterocycles. The molecule has 5 nitrogen and oxygen atoms in total. The van der Waals surface area contributed by atoms with Crippen LogP contribution in [0.3, 0.4) is 0 Å². The van der Waals surface area contributed by atoms with Crippen LogP contribution in [-0.2, 0) is 9.59 Å². The normalized spacial score (nSPS) is 11.4. The summed E-state index contributed by atoms with van der Waals surface area (Å²) in [5.74, 6) is -1.27. The smallest absolute Gasteiger partial charge is 0.323 e. The van der Waals surface area contributed by atoms with E-state index >= 15 is 0 Å². The van der Waals surface area contributed by atoms with Gasteiger partial charge in [0.05, 0.1) is 6.54 Å². The second-order valence-corrected chi connectivity index (χ2v) is 5.22. The van der Waals surface area contributed by atoms with Crippen molar-refractivity contribution in [2.75, 3.05) is 18.9 Å². The van der Waals surface area contributed by atoms with Gasteiger partial charge in [0.1, 0.15) is 5.54 Å². The summed E-state index contributed by atoms with van der Waals surface area (Å²) in [6.45, 7) is 3.07. The first-order valence-electron chi connectivity index (χ1n) is 5.73. The van der Waals surface area contributed by atoms with Crippen LogP contribution < -0.4 is 5.32 Å². The fourth-order valence-corrected chi connectivity index (χ4v) is 1.53. The number of rotatable bonds is 5. The van der Waals surface area contributed by atoms with Gasteiger partial charge in [-0.15, -0.1) is 0 Å². The molecule has 0 spiro atoms. The van der Waals surface area contributed by atoms with Gasteiger partial charge in [-0.2, -0.15) is 0 Å². The predicted molar refractivity (Wildman–Crippen MR) is 74.4 cm³/mol. The molecule has 0 aliphatic rings. The van der Waals surface area contributed by atoms with Crippen LogP contribution in [0.4, 0.5) is 5.69 Å². The maximum atomic E-state index is 11.8. The van der Waals surface area contributed by atoms with E-state index in [0.29, 0.717) is 10.7 Å². The van der Waals surface area contributed by atoms with E-state index < -0.39 is 11.5 Å². The summed E-state index contributed by atoms with van der Waals surface area (Å²) in [7, 11) is 1.59. The first kappa shape index (κ1) is 15.5. The van der Waals surface area contributed by atoms with Gasteiger partial charge in [0.25, 0.3) is 0 Å². The molecule has 0 saturated carbocycles. The highest BCUT2D eigenvalue weighted by molar-refractivity contribution is 6.30. The number of benzene rings is 1. The van der Waals surface area contributed by atoms with Crippen LogP contribution in [0, 0.1) is 0 Å². The largest absolute Gasteiger partial charge is 0.480 e. The number of carbonyl (C=O) groups is 2. The zero-order chi connectivity index (χ0) is 14.6. The van der Waals surface area contributed by atoms with Crippen molar-refractivity contribution in [3.8, 4) is 0 Å². The summed E-state index contributed by atoms with van der Waals surface area (Å²) in [6, 6.07) is 6.77. The van der Waals surface area contributed by atoms with Crippen molar-refractivity contribution in [2.24, 2.45) is 0 Å². The van der Waals surface area contributed by atoms with Gasteiger partial charge in [-0.3, -0.25) is 14.5 Å². The number of anilines is 1. The Hall–Kier alpha value is -1.59. The molecule has 2 N–H and O–H groups in total. The van der Waals surface area contributed by atoms with Gasteiger partial charge in [-0.25, -0.2) is 0 Å². The number of nitrogens with zero attached hydrogens (tertiary/aromatic N) is 1. The van der Waals surface area contributed by atoms with Crippen molar-refractivity contribution in [3.05, 3.63) is 29.3 Å². The Bertz CT molecular complexity index is 489. The second kappa shape index (κ2) is 6.04. The average Bonchev–Trinajstić information content (AvgIpc) is 2.28. The van der Waals surface area contributed by atoms with Gasteiger partial charge in [0, 0.05) is 10.7 Å². The Morgan fingerprint density at radius 3 is 2.58 bits per heavy atom. The third-order valence-corrected chi connectivity index (χ3v) is 3.20. The molecule has 1 aromatic carbocycles. The van der Waals surface area contributed by atoms with E-state index in [1.807, 2.05) is 0 Å². The topological polar surface area (TPSA) is 69.6 Å². The van der Waals surface area contributed by atoms with Gasteiger partial charge < -0.3 is 10.4 Å². The van der Waals surface area contributed by atoms with Crippen LogP contribution in [0.2, 0.25) is 5.02 Å². The number of carboxylic acid groups (broad SMARTS) is 1. The summed E-state index contributed by atoms with van der Waals surface area (Å²) >= 11 is 5.81. The van der Waals surface area contributed by atoms with E-state index in [4.69, 9.17) is 16.7 Å². The highest BCUT2D eigenvalue weighted by atomic mass is 35.5. The van der Waals surface area contributed by atoms with Crippen LogP contribution in [0.5, 0.6) is 0 Å². The maximum absolute atomic E-state index is 11.8. The van der Waals surface area contributed by atoms with E-state index in [1.54, 1.807) is 45.2 Å². The lowest BCUT2D eigenvalue weighted by Crippen LogP contribution is -2.50. The van der Waals surface area contributed by atoms with Gasteiger partial charge >= 0.3 is 5.97 Å². The molecule has 0 bridgehead atoms. The van der Waals surface area contributed by atoms with Crippen molar-refractivity contribution >= 4 is 29.2 Å². The van der Waals surface area contributed by atoms with Crippen LogP contribution in [-0.4, -0.2) is 41.0 Å². The molecule has 0 saturated heterocycles. The van der Waals surface area contributed by atoms with Gasteiger partial charge in [0.15, 0.2) is 0 Å². The lowest BCUT2D eigenvalue weighted by atomic mass is 10.0. The first-order valence-corrected chi connectivity index (χ1v) is 6.11. The minimum absolute atomic E-state index is 0.0220. The van der Waals surface area contributed by atoms with Crippen LogP contribution in [0.25, 0.3) is 0 Å². The summed E-state index contributed by atoms with van der Waals surface area (Å²) in [4.78, 5) is 24.3. The molecular weight excluding hydrogens is 268 g/mol. The number of likely N-dealkylation sites (N-methyl/N-ethyl adjacent to an activating group) is 1. The average molecular weight is 285 g/mol. The maximum Gasteiger partial charge on any atom is 0.323 e. The Morgan fingerprint density at radius 2 is 2.05 bits per heavy atom. The molecule has 19 heavy (non-hydrogen) atoms. The Balaban J connectivity index is 2.64. The Kier molecular flexibility index (Phi) is 4.91. The highest BCUT2D eigenvalue weighted by Gasteiger charge is 2.32. The Labute approximate surface area is 117 Å². The molecular formula is C13H17ClN2O3. The van der Waals surface area contributed by atoms with E-state index in [0.717, 1.165) is 0 Å². The highest BCUT2D eigenvalue weighted by Crippen LogP contribution is 2.16. The monoisotopic (exact) mass is 284 g/mol. The summed E-state index contributed by atoms with van der Waals surface area (Å²) in [5, 5.41) is 12.3. The summed E-state index contributed by atoms with van der Waals surface area (Å²) < 4.78 is 0. The zero-order valence-corrected chi connectivity index (χ0v) is 11.9. The van der Waals surface area contributed by atoms with E-state index in [-0.39, 0.29) is 12.5 Å². The lowest BCUT2D eigenvalue weighted by Gasteiger charge is -2.30. The fourth-order valence-electron chi connectivity index (χ4n) is 1.34. The molecule has 1 aromatic rings. The molecule has 0 radical (unpaired) electrons. The number of halogens is 1. The molecule has 0 unspecified atom stereocenters. The number of aliphatic carboxylic acids is 1. The van der Waals surface area contributed by atoms with Crippen molar-refractivity contribution in [3.63, 3.8) is 0 Å². The number of nitrogens with one attached hydrogen (secondary N) is 1. The molecule has 1 rings (SSSR count). The van der Waals surface area contributed by atoms with Gasteiger partial charge in [-0.1, -0.05) is 17.7 Å². The number of hydrogen-bond donors (Lipinski definition) is 2. The standard InChI is InChI=1S/C13H17ClN2O3/c1-13(2,12(18)19)16(3)8-11(17)15-10-6-4-5-9(14)7-10/h4-7H,8H2,1-3H3,(H,15,17)(H,18,19). The molecule has 104 valence electrons. The summed E-state index contributed by atoms with van der Waals surface area (Å²) in [6.07, 6.45) is 0. The number of carbonyl (C=O) groups excluding carboxylic acids is 1. The molecule has 0 atom stereocenters. The molecule has 0 fully saturated rings. The SMILES string of the molecule is CN(CC(=O)Nc1cccc(Cl)c1)C(C)(C)C(=O)O. The fraction of sp³-hybridized carbons (Fsp3) is 0.385. The minimum Gasteiger partial charge on any atom is -0.480 e. The van der Waals surface area contributed by atoms with E-state index in [1.165, 1.54) is 4.90 Å². The zero-order valence-electron chi connectivity index (χ0n) is 11.1. The van der Waals surface area contributed by atoms with Crippen LogP contribution >= 0.6 is 11.6 Å². The number of amides is 1. The van der Waals surface area contributed by atoms with Crippen LogP contribution in [0.15, 0.2) is 24.3 Å². The molecule has 1 amide bonds. The Morgan fingerprint density at radius 1 is 1.42 bits per heavy atom. The van der Waals surface area contributed by atoms with Crippen molar-refractivity contribution in [1.29, 1.82) is 0 Å². The van der Waals surface area contributed by atoms with Gasteiger partial charge in [-0.05, 0) is 39.1 Å². The predicted octanol–water partition coefficient (Wildman–Crippen LogP) is 2.07. The quantitative estimate of drug-likeness (QED) is 0.868. The molecule has 0 aliphatic heterocycles. The number of carboxylic acids is 1. The van der Waals surface area contributed by atoms with Crippen LogP contribution in [0.1, 0.15) is 13.8 Å². The molecule has 6 heteroatoms. The second-order valence-electron chi connectivity index (χ2n) is 4.78. The van der Waals surface area contributed by atoms with Crippen molar-refractivity contribution in [1.82, 2.24) is 4.90 Å². The summed E-state index contributed by atoms with van der Waals surface area (Å²) in [5.41, 5.74) is -0.523.